The molecule has 0 fully saturated rings. The van der Waals surface area contributed by atoms with Crippen molar-refractivity contribution in [3.8, 4) is 50.2 Å². The maximum absolute atomic E-state index is 2.59. The van der Waals surface area contributed by atoms with Crippen molar-refractivity contribution >= 4 is 79.0 Å². The minimum atomic E-state index is -0.0778. The average Bonchev–Trinajstić information content (AvgIpc) is 2.52. The molecule has 1 aromatic heterocycles. The SMILES string of the molecule is CC1(C)CC(C)(C)c2cc(-c3ccc(N4c5cc(-c6ccccc6)ccc5B5c6ccc(-c7ccccc7)cc6N(c6ccc(-c7ccc8c(c7)C(C)(C)CC8(C)C)cc6)c6cc(-n7c8ccccc8c8ccccc87)cc4c65)cc3)ccc21. The predicted molar refractivity (Wildman–Crippen MR) is 358 cm³/mol. The fourth-order valence-corrected chi connectivity index (χ4v) is 16.4. The van der Waals surface area contributed by atoms with Gasteiger partial charge < -0.3 is 14.4 Å². The Kier molecular flexibility index (Phi) is 11.0. The Morgan fingerprint density at radius 2 is 0.631 bits per heavy atom. The molecular formula is C80H68BN3. The third-order valence-corrected chi connectivity index (χ3v) is 19.7. The van der Waals surface area contributed by atoms with Crippen molar-refractivity contribution < 1.29 is 0 Å². The first kappa shape index (κ1) is 50.6. The summed E-state index contributed by atoms with van der Waals surface area (Å²) in [5.74, 6) is 0. The largest absolute Gasteiger partial charge is 0.311 e. The third-order valence-electron chi connectivity index (χ3n) is 19.7. The van der Waals surface area contributed by atoms with Gasteiger partial charge in [-0.25, -0.2) is 0 Å². The van der Waals surface area contributed by atoms with Crippen LogP contribution < -0.4 is 26.2 Å². The number of hydrogen-bond donors (Lipinski definition) is 0. The summed E-state index contributed by atoms with van der Waals surface area (Å²) >= 11 is 0. The fourth-order valence-electron chi connectivity index (χ4n) is 16.4. The number of hydrogen-bond acceptors (Lipinski definition) is 2. The third kappa shape index (κ3) is 7.72. The first-order valence-corrected chi connectivity index (χ1v) is 30.3. The lowest BCUT2D eigenvalue weighted by Crippen LogP contribution is -2.61. The van der Waals surface area contributed by atoms with Crippen molar-refractivity contribution in [3.05, 3.63) is 265 Å². The van der Waals surface area contributed by atoms with Gasteiger partial charge >= 0.3 is 0 Å². The van der Waals surface area contributed by atoms with E-state index in [1.54, 1.807) is 0 Å². The van der Waals surface area contributed by atoms with Crippen LogP contribution in [0.25, 0.3) is 72.0 Å². The van der Waals surface area contributed by atoms with Gasteiger partial charge in [0, 0.05) is 44.9 Å². The van der Waals surface area contributed by atoms with Crippen LogP contribution in [-0.4, -0.2) is 11.3 Å². The number of rotatable bonds is 7. The lowest BCUT2D eigenvalue weighted by Gasteiger charge is -2.44. The summed E-state index contributed by atoms with van der Waals surface area (Å²) in [4.78, 5) is 5.18. The van der Waals surface area contributed by atoms with Crippen LogP contribution in [0.5, 0.6) is 0 Å². The van der Waals surface area contributed by atoms with Crippen molar-refractivity contribution in [1.82, 2.24) is 4.57 Å². The molecule has 0 radical (unpaired) electrons. The lowest BCUT2D eigenvalue weighted by atomic mass is 9.33. The molecule has 0 unspecified atom stereocenters. The molecule has 0 atom stereocenters. The molecule has 2 aliphatic carbocycles. The molecule has 3 nitrogen and oxygen atoms in total. The topological polar surface area (TPSA) is 11.4 Å². The molecule has 2 aliphatic heterocycles. The van der Waals surface area contributed by atoms with E-state index in [2.05, 4.69) is 312 Å². The Bertz CT molecular complexity index is 4370. The van der Waals surface area contributed by atoms with Crippen LogP contribution in [0.3, 0.4) is 0 Å². The first-order valence-electron chi connectivity index (χ1n) is 30.3. The molecule has 84 heavy (non-hydrogen) atoms. The van der Waals surface area contributed by atoms with E-state index >= 15 is 0 Å². The van der Waals surface area contributed by atoms with Crippen LogP contribution in [0.2, 0.25) is 0 Å². The van der Waals surface area contributed by atoms with Gasteiger partial charge in [0.2, 0.25) is 0 Å². The number of nitrogens with zero attached hydrogens (tertiary/aromatic N) is 3. The minimum Gasteiger partial charge on any atom is -0.311 e. The molecule has 12 aromatic rings. The number of aromatic nitrogens is 1. The van der Waals surface area contributed by atoms with Gasteiger partial charge in [-0.3, -0.25) is 0 Å². The molecule has 11 aromatic carbocycles. The van der Waals surface area contributed by atoms with Gasteiger partial charge in [0.05, 0.1) is 16.7 Å². The van der Waals surface area contributed by atoms with Crippen LogP contribution in [0.4, 0.5) is 34.1 Å². The summed E-state index contributed by atoms with van der Waals surface area (Å²) in [6.07, 6.45) is 2.29. The smallest absolute Gasteiger partial charge is 0.252 e. The lowest BCUT2D eigenvalue weighted by molar-refractivity contribution is 0.402. The molecule has 0 saturated heterocycles. The normalized spacial score (nSPS) is 16.3. The van der Waals surface area contributed by atoms with E-state index in [1.807, 2.05) is 0 Å². The summed E-state index contributed by atoms with van der Waals surface area (Å²) in [7, 11) is 0. The van der Waals surface area contributed by atoms with Gasteiger partial charge in [-0.05, 0) is 178 Å². The van der Waals surface area contributed by atoms with Crippen LogP contribution in [0, 0.1) is 0 Å². The van der Waals surface area contributed by atoms with Gasteiger partial charge in [0.15, 0.2) is 0 Å². The van der Waals surface area contributed by atoms with Crippen molar-refractivity contribution in [2.24, 2.45) is 0 Å². The van der Waals surface area contributed by atoms with E-state index in [0.29, 0.717) is 0 Å². The standard InChI is InChI=1S/C80H68BN3/c1-77(2)49-79(5,6)66-43-55(31-39-64(66)77)53-27-35-59(36-28-53)82-72-45-57(51-19-11-9-12-20-51)33-41-68(72)81-69-42-34-58(52-21-13-10-14-22-52)46-73(69)83(60-37-29-54(30-38-60)56-32-40-65-67(44-56)80(7,8)50-78(65,3)4)75-48-61(47-74(82)76(75)81)84-70-25-17-15-23-62(70)63-24-16-18-26-71(63)84/h9-48H,49-50H2,1-8H3. The maximum Gasteiger partial charge on any atom is 0.252 e. The van der Waals surface area contributed by atoms with Crippen molar-refractivity contribution in [1.29, 1.82) is 0 Å². The van der Waals surface area contributed by atoms with Crippen LogP contribution >= 0.6 is 0 Å². The van der Waals surface area contributed by atoms with E-state index < -0.39 is 0 Å². The van der Waals surface area contributed by atoms with Crippen molar-refractivity contribution in [2.45, 2.75) is 89.9 Å². The Balaban J connectivity index is 0.956. The van der Waals surface area contributed by atoms with Crippen molar-refractivity contribution in [2.75, 3.05) is 9.80 Å². The van der Waals surface area contributed by atoms with Gasteiger partial charge in [-0.2, -0.15) is 0 Å². The maximum atomic E-state index is 2.59. The summed E-state index contributed by atoms with van der Waals surface area (Å²) in [5.41, 5.74) is 30.4. The molecule has 3 heterocycles. The molecular weight excluding hydrogens is 1010 g/mol. The van der Waals surface area contributed by atoms with Gasteiger partial charge in [-0.1, -0.05) is 237 Å². The minimum absolute atomic E-state index is 0.0778. The zero-order chi connectivity index (χ0) is 57.0. The first-order chi connectivity index (χ1) is 40.6. The second kappa shape index (κ2) is 18.2. The highest BCUT2D eigenvalue weighted by atomic mass is 15.2. The van der Waals surface area contributed by atoms with Gasteiger partial charge in [0.1, 0.15) is 0 Å². The van der Waals surface area contributed by atoms with E-state index in [4.69, 9.17) is 0 Å². The molecule has 4 aliphatic rings. The molecule has 406 valence electrons. The number of fused-ring (bicyclic) bond motifs is 9. The van der Waals surface area contributed by atoms with E-state index in [1.165, 1.54) is 128 Å². The van der Waals surface area contributed by atoms with Gasteiger partial charge in [-0.15, -0.1) is 0 Å². The quantitative estimate of drug-likeness (QED) is 0.147. The van der Waals surface area contributed by atoms with Gasteiger partial charge in [0.25, 0.3) is 6.71 Å². The number of benzene rings is 11. The number of anilines is 6. The molecule has 4 heteroatoms. The summed E-state index contributed by atoms with van der Waals surface area (Å²) in [6, 6.07) is 92.6. The molecule has 0 N–H and O–H groups in total. The van der Waals surface area contributed by atoms with E-state index in [0.717, 1.165) is 29.9 Å². The Hall–Kier alpha value is -9.12. The Labute approximate surface area is 495 Å². The monoisotopic (exact) mass is 1080 g/mol. The zero-order valence-electron chi connectivity index (χ0n) is 49.4. The molecule has 0 saturated carbocycles. The number of para-hydroxylation sites is 2. The second-order valence-corrected chi connectivity index (χ2v) is 27.2. The second-order valence-electron chi connectivity index (χ2n) is 27.2. The highest BCUT2D eigenvalue weighted by Crippen LogP contribution is 2.53. The fraction of sp³-hybridized carbons (Fsp3) is 0.175. The summed E-state index contributed by atoms with van der Waals surface area (Å²) in [5, 5.41) is 2.48. The van der Waals surface area contributed by atoms with Crippen LogP contribution in [0.1, 0.15) is 90.5 Å². The van der Waals surface area contributed by atoms with Crippen molar-refractivity contribution in [3.63, 3.8) is 0 Å². The van der Waals surface area contributed by atoms with E-state index in [-0.39, 0.29) is 28.4 Å². The molecule has 0 amide bonds. The Morgan fingerprint density at radius 3 is 1.06 bits per heavy atom. The summed E-state index contributed by atoms with van der Waals surface area (Å²) in [6.45, 7) is 19.2. The zero-order valence-corrected chi connectivity index (χ0v) is 49.4. The summed E-state index contributed by atoms with van der Waals surface area (Å²) < 4.78 is 2.51. The van der Waals surface area contributed by atoms with Crippen LogP contribution in [0.15, 0.2) is 243 Å². The van der Waals surface area contributed by atoms with E-state index in [9.17, 15) is 0 Å². The molecule has 0 bridgehead atoms. The predicted octanol–water partition coefficient (Wildman–Crippen LogP) is 19.5. The molecule has 0 spiro atoms. The highest BCUT2D eigenvalue weighted by molar-refractivity contribution is 7.00. The Morgan fingerprint density at radius 1 is 0.286 bits per heavy atom. The van der Waals surface area contributed by atoms with Crippen LogP contribution in [-0.2, 0) is 21.7 Å². The molecule has 16 rings (SSSR count). The highest BCUT2D eigenvalue weighted by Gasteiger charge is 2.46. The average molecular weight is 1080 g/mol.